The molecule has 0 bridgehead atoms. The van der Waals surface area contributed by atoms with Gasteiger partial charge in [-0.2, -0.15) is 5.26 Å². The van der Waals surface area contributed by atoms with Crippen molar-refractivity contribution in [3.05, 3.63) is 36.0 Å². The minimum atomic E-state index is 0.387. The van der Waals surface area contributed by atoms with Gasteiger partial charge in [0.2, 0.25) is 0 Å². The molecular weight excluding hydrogens is 202 g/mol. The lowest BCUT2D eigenvalue weighted by Crippen LogP contribution is -2.06. The largest absolute Gasteiger partial charge is 0.395 e. The van der Waals surface area contributed by atoms with Crippen LogP contribution < -0.4 is 5.73 Å². The van der Waals surface area contributed by atoms with Gasteiger partial charge in [0, 0.05) is 25.0 Å². The molecule has 5 nitrogen and oxygen atoms in total. The molecule has 0 atom stereocenters. The number of pyridine rings is 1. The fourth-order valence-electron chi connectivity index (χ4n) is 1.54. The van der Waals surface area contributed by atoms with Gasteiger partial charge in [0.1, 0.15) is 11.9 Å². The lowest BCUT2D eigenvalue weighted by molar-refractivity contribution is 0.869. The van der Waals surface area contributed by atoms with E-state index in [1.165, 1.54) is 0 Å². The number of hydrogen-bond donors (Lipinski definition) is 1. The molecule has 0 aromatic carbocycles. The van der Waals surface area contributed by atoms with Gasteiger partial charge >= 0.3 is 0 Å². The van der Waals surface area contributed by atoms with E-state index in [4.69, 9.17) is 11.0 Å². The molecule has 80 valence electrons. The van der Waals surface area contributed by atoms with E-state index in [1.807, 2.05) is 13.0 Å². The molecule has 0 aliphatic heterocycles. The lowest BCUT2D eigenvalue weighted by Gasteiger charge is -2.08. The second-order valence-electron chi connectivity index (χ2n) is 3.27. The molecule has 0 aliphatic carbocycles. The lowest BCUT2D eigenvalue weighted by atomic mass is 10.2. The van der Waals surface area contributed by atoms with Gasteiger partial charge in [-0.1, -0.05) is 6.92 Å². The summed E-state index contributed by atoms with van der Waals surface area (Å²) >= 11 is 0. The first kappa shape index (κ1) is 10.2. The molecule has 0 amide bonds. The number of nitrogens with two attached hydrogens (primary N) is 1. The van der Waals surface area contributed by atoms with Gasteiger partial charge in [-0.05, 0) is 6.07 Å². The Morgan fingerprint density at radius 3 is 2.94 bits per heavy atom. The van der Waals surface area contributed by atoms with Crippen LogP contribution in [0.5, 0.6) is 0 Å². The predicted octanol–water partition coefficient (Wildman–Crippen LogP) is 1.28. The number of anilines is 1. The zero-order chi connectivity index (χ0) is 11.5. The van der Waals surface area contributed by atoms with E-state index in [0.29, 0.717) is 17.1 Å². The number of nitrogens with zero attached hydrogens (tertiary/aromatic N) is 4. The van der Waals surface area contributed by atoms with Crippen molar-refractivity contribution in [2.24, 2.45) is 0 Å². The molecule has 0 saturated heterocycles. The van der Waals surface area contributed by atoms with Crippen molar-refractivity contribution in [2.75, 3.05) is 5.73 Å². The van der Waals surface area contributed by atoms with E-state index in [0.717, 1.165) is 12.2 Å². The Morgan fingerprint density at radius 1 is 1.44 bits per heavy atom. The van der Waals surface area contributed by atoms with Crippen molar-refractivity contribution in [1.82, 2.24) is 14.5 Å². The van der Waals surface area contributed by atoms with Crippen LogP contribution >= 0.6 is 0 Å². The minimum Gasteiger partial charge on any atom is -0.395 e. The van der Waals surface area contributed by atoms with Gasteiger partial charge in [-0.3, -0.25) is 4.57 Å². The average Bonchev–Trinajstić information content (AvgIpc) is 2.77. The summed E-state index contributed by atoms with van der Waals surface area (Å²) in [4.78, 5) is 8.38. The van der Waals surface area contributed by atoms with Crippen LogP contribution in [0.3, 0.4) is 0 Å². The highest BCUT2D eigenvalue weighted by Crippen LogP contribution is 2.19. The van der Waals surface area contributed by atoms with Gasteiger partial charge in [-0.25, -0.2) is 9.97 Å². The Bertz CT molecular complexity index is 550. The fraction of sp³-hybridized carbons (Fsp3) is 0.182. The molecule has 0 saturated carbocycles. The van der Waals surface area contributed by atoms with Crippen molar-refractivity contribution in [3.63, 3.8) is 0 Å². The second kappa shape index (κ2) is 4.03. The smallest absolute Gasteiger partial charge is 0.162 e. The first-order valence-corrected chi connectivity index (χ1v) is 4.95. The van der Waals surface area contributed by atoms with E-state index in [2.05, 4.69) is 9.97 Å². The summed E-state index contributed by atoms with van der Waals surface area (Å²) in [5, 5.41) is 8.88. The Hall–Kier alpha value is -2.35. The molecular formula is C11H11N5. The van der Waals surface area contributed by atoms with Crippen molar-refractivity contribution >= 4 is 5.69 Å². The van der Waals surface area contributed by atoms with Crippen LogP contribution in [0.25, 0.3) is 5.82 Å². The Balaban J connectivity index is 2.62. The van der Waals surface area contributed by atoms with E-state index in [9.17, 15) is 0 Å². The maximum Gasteiger partial charge on any atom is 0.162 e. The van der Waals surface area contributed by atoms with Gasteiger partial charge < -0.3 is 5.73 Å². The molecule has 2 aromatic heterocycles. The second-order valence-corrected chi connectivity index (χ2v) is 3.27. The van der Waals surface area contributed by atoms with Gasteiger partial charge in [0.05, 0.1) is 11.3 Å². The molecule has 5 heteroatoms. The van der Waals surface area contributed by atoms with Crippen molar-refractivity contribution in [1.29, 1.82) is 5.26 Å². The third-order valence-electron chi connectivity index (χ3n) is 2.35. The summed E-state index contributed by atoms with van der Waals surface area (Å²) in [5.74, 6) is 1.43. The molecule has 0 radical (unpaired) electrons. The quantitative estimate of drug-likeness (QED) is 0.814. The number of aryl methyl sites for hydroxylation is 1. The third kappa shape index (κ3) is 1.50. The number of rotatable bonds is 2. The van der Waals surface area contributed by atoms with Gasteiger partial charge in [-0.15, -0.1) is 0 Å². The first-order valence-electron chi connectivity index (χ1n) is 4.95. The van der Waals surface area contributed by atoms with Crippen LogP contribution in [0.15, 0.2) is 24.7 Å². The summed E-state index contributed by atoms with van der Waals surface area (Å²) in [6.45, 7) is 2.00. The number of nitrogen functional groups attached to an aromatic ring is 1. The number of nitriles is 1. The van der Waals surface area contributed by atoms with E-state index < -0.39 is 0 Å². The molecule has 2 aromatic rings. The third-order valence-corrected chi connectivity index (χ3v) is 2.35. The molecule has 16 heavy (non-hydrogen) atoms. The standard InChI is InChI=1S/C11H11N5/c1-2-9-14-5-6-16(9)11-10(13)8(7-12)3-4-15-11/h3-6H,2,13H2,1H3. The molecule has 0 unspecified atom stereocenters. The number of aromatic nitrogens is 3. The minimum absolute atomic E-state index is 0.387. The Kier molecular flexibility index (Phi) is 2.56. The Labute approximate surface area is 93.2 Å². The van der Waals surface area contributed by atoms with Gasteiger partial charge in [0.25, 0.3) is 0 Å². The van der Waals surface area contributed by atoms with Crippen LogP contribution in [0.1, 0.15) is 18.3 Å². The van der Waals surface area contributed by atoms with Crippen molar-refractivity contribution in [2.45, 2.75) is 13.3 Å². The summed E-state index contributed by atoms with van der Waals surface area (Å²) < 4.78 is 1.80. The SMILES string of the molecule is CCc1nccn1-c1nccc(C#N)c1N. The zero-order valence-corrected chi connectivity index (χ0v) is 8.88. The van der Waals surface area contributed by atoms with Crippen molar-refractivity contribution in [3.8, 4) is 11.9 Å². The normalized spacial score (nSPS) is 10.0. The molecule has 0 fully saturated rings. The van der Waals surface area contributed by atoms with Crippen LogP contribution in [0, 0.1) is 11.3 Å². The number of imidazole rings is 1. The summed E-state index contributed by atoms with van der Waals surface area (Å²) in [7, 11) is 0. The average molecular weight is 213 g/mol. The van der Waals surface area contributed by atoms with Gasteiger partial charge in [0.15, 0.2) is 5.82 Å². The molecule has 0 spiro atoms. The van der Waals surface area contributed by atoms with E-state index >= 15 is 0 Å². The summed E-state index contributed by atoms with van der Waals surface area (Å²) in [5.41, 5.74) is 6.69. The van der Waals surface area contributed by atoms with Crippen LogP contribution in [-0.2, 0) is 6.42 Å². The highest BCUT2D eigenvalue weighted by molar-refractivity contribution is 5.63. The molecule has 0 aliphatic rings. The van der Waals surface area contributed by atoms with Crippen LogP contribution in [0.2, 0.25) is 0 Å². The highest BCUT2D eigenvalue weighted by Gasteiger charge is 2.10. The number of hydrogen-bond acceptors (Lipinski definition) is 4. The summed E-state index contributed by atoms with van der Waals surface area (Å²) in [6.07, 6.45) is 5.84. The Morgan fingerprint density at radius 2 is 2.25 bits per heavy atom. The fourth-order valence-corrected chi connectivity index (χ4v) is 1.54. The summed E-state index contributed by atoms with van der Waals surface area (Å²) in [6, 6.07) is 3.63. The highest BCUT2D eigenvalue weighted by atomic mass is 15.1. The topological polar surface area (TPSA) is 80.5 Å². The predicted molar refractivity (Wildman–Crippen MR) is 59.9 cm³/mol. The van der Waals surface area contributed by atoms with E-state index in [1.54, 1.807) is 29.2 Å². The first-order chi connectivity index (χ1) is 7.77. The molecule has 2 rings (SSSR count). The maximum absolute atomic E-state index is 8.88. The maximum atomic E-state index is 8.88. The zero-order valence-electron chi connectivity index (χ0n) is 8.88. The van der Waals surface area contributed by atoms with E-state index in [-0.39, 0.29) is 0 Å². The van der Waals surface area contributed by atoms with Crippen molar-refractivity contribution < 1.29 is 0 Å². The van der Waals surface area contributed by atoms with Crippen LogP contribution in [-0.4, -0.2) is 14.5 Å². The molecule has 2 heterocycles. The molecule has 2 N–H and O–H groups in total. The van der Waals surface area contributed by atoms with Crippen LogP contribution in [0.4, 0.5) is 5.69 Å². The monoisotopic (exact) mass is 213 g/mol.